The van der Waals surface area contributed by atoms with E-state index in [0.717, 1.165) is 11.3 Å². The fourth-order valence-corrected chi connectivity index (χ4v) is 3.14. The number of hydrogen-bond acceptors (Lipinski definition) is 6. The Labute approximate surface area is 190 Å². The van der Waals surface area contributed by atoms with Crippen molar-refractivity contribution in [3.8, 4) is 22.9 Å². The highest BCUT2D eigenvalue weighted by atomic mass is 32.1. The van der Waals surface area contributed by atoms with Crippen LogP contribution in [0.3, 0.4) is 0 Å². The van der Waals surface area contributed by atoms with Crippen molar-refractivity contribution in [2.45, 2.75) is 32.9 Å². The minimum absolute atomic E-state index is 0.0444. The third-order valence-electron chi connectivity index (χ3n) is 4.47. The van der Waals surface area contributed by atoms with Crippen LogP contribution in [0.4, 0.5) is 0 Å². The number of aromatic nitrogens is 3. The fourth-order valence-electron chi connectivity index (χ4n) is 2.92. The Morgan fingerprint density at radius 3 is 2.34 bits per heavy atom. The van der Waals surface area contributed by atoms with Gasteiger partial charge in [-0.3, -0.25) is 30.1 Å². The summed E-state index contributed by atoms with van der Waals surface area (Å²) in [5.41, 5.74) is 6.06. The predicted octanol–water partition coefficient (Wildman–Crippen LogP) is 3.25. The lowest BCUT2D eigenvalue weighted by Crippen LogP contribution is -2.41. The van der Waals surface area contributed by atoms with Gasteiger partial charge in [0.2, 0.25) is 5.91 Å². The highest BCUT2D eigenvalue weighted by Crippen LogP contribution is 2.21. The summed E-state index contributed by atoms with van der Waals surface area (Å²) in [4.78, 5) is 24.5. The molecule has 32 heavy (non-hydrogen) atoms. The standard InChI is InChI=1S/C22H25N5O4S/c1-14(2)31-18-10-6-16(7-11-18)21(29)25-23-19(28)12-13-27-20(24-26-22(27)32)15-4-8-17(30-3)9-5-15/h4-11,14H,12-13H2,1-3H3,(H,23,28)(H,25,29)(H,26,32). The number of rotatable bonds is 8. The molecule has 0 saturated carbocycles. The molecule has 0 atom stereocenters. The Morgan fingerprint density at radius 2 is 1.72 bits per heavy atom. The quantitative estimate of drug-likeness (QED) is 0.355. The maximum atomic E-state index is 12.3. The monoisotopic (exact) mass is 455 g/mol. The molecule has 0 bridgehead atoms. The number of benzene rings is 2. The minimum atomic E-state index is -0.423. The van der Waals surface area contributed by atoms with E-state index in [1.807, 2.05) is 38.1 Å². The van der Waals surface area contributed by atoms with E-state index in [4.69, 9.17) is 21.7 Å². The third kappa shape index (κ3) is 5.94. The van der Waals surface area contributed by atoms with Crippen LogP contribution in [-0.2, 0) is 11.3 Å². The number of H-pyrrole nitrogens is 1. The molecule has 2 aromatic carbocycles. The van der Waals surface area contributed by atoms with Crippen molar-refractivity contribution in [2.75, 3.05) is 7.11 Å². The van der Waals surface area contributed by atoms with Crippen LogP contribution in [0.2, 0.25) is 0 Å². The van der Waals surface area contributed by atoms with Gasteiger partial charge in [-0.05, 0) is 74.6 Å². The number of carbonyl (C=O) groups excluding carboxylic acids is 2. The van der Waals surface area contributed by atoms with Crippen LogP contribution in [-0.4, -0.2) is 39.8 Å². The maximum absolute atomic E-state index is 12.3. The van der Waals surface area contributed by atoms with Crippen molar-refractivity contribution >= 4 is 24.0 Å². The zero-order chi connectivity index (χ0) is 23.1. The Morgan fingerprint density at radius 1 is 1.06 bits per heavy atom. The van der Waals surface area contributed by atoms with Crippen molar-refractivity contribution < 1.29 is 19.1 Å². The number of hydrazine groups is 1. The Bertz CT molecular complexity index is 1120. The minimum Gasteiger partial charge on any atom is -0.497 e. The molecule has 10 heteroatoms. The lowest BCUT2D eigenvalue weighted by atomic mass is 10.2. The van der Waals surface area contributed by atoms with Gasteiger partial charge in [-0.15, -0.1) is 0 Å². The highest BCUT2D eigenvalue weighted by Gasteiger charge is 2.12. The van der Waals surface area contributed by atoms with E-state index in [1.165, 1.54) is 0 Å². The first-order chi connectivity index (χ1) is 15.4. The molecule has 0 aliphatic rings. The average molecular weight is 456 g/mol. The van der Waals surface area contributed by atoms with E-state index >= 15 is 0 Å². The van der Waals surface area contributed by atoms with E-state index in [-0.39, 0.29) is 18.4 Å². The zero-order valence-corrected chi connectivity index (χ0v) is 18.9. The number of nitrogens with one attached hydrogen (secondary N) is 3. The van der Waals surface area contributed by atoms with Crippen molar-refractivity contribution in [2.24, 2.45) is 0 Å². The predicted molar refractivity (Wildman–Crippen MR) is 122 cm³/mol. The smallest absolute Gasteiger partial charge is 0.269 e. The lowest BCUT2D eigenvalue weighted by Gasteiger charge is -2.11. The number of ether oxygens (including phenoxy) is 2. The summed E-state index contributed by atoms with van der Waals surface area (Å²) in [6.45, 7) is 4.14. The molecule has 168 valence electrons. The second-order valence-corrected chi connectivity index (χ2v) is 7.56. The van der Waals surface area contributed by atoms with Gasteiger partial charge in [-0.1, -0.05) is 0 Å². The molecular weight excluding hydrogens is 430 g/mol. The molecular formula is C22H25N5O4S. The fraction of sp³-hybridized carbons (Fsp3) is 0.273. The SMILES string of the molecule is COc1ccc(-c2n[nH]c(=S)n2CCC(=O)NNC(=O)c2ccc(OC(C)C)cc2)cc1. The molecule has 3 aromatic rings. The van der Waals surface area contributed by atoms with Gasteiger partial charge in [-0.2, -0.15) is 5.10 Å². The molecule has 0 aliphatic carbocycles. The van der Waals surface area contributed by atoms with Crippen molar-refractivity contribution in [3.05, 3.63) is 58.9 Å². The van der Waals surface area contributed by atoms with Gasteiger partial charge in [0.15, 0.2) is 10.6 Å². The van der Waals surface area contributed by atoms with Crippen LogP contribution in [0.1, 0.15) is 30.6 Å². The van der Waals surface area contributed by atoms with Gasteiger partial charge in [0, 0.05) is 24.1 Å². The number of aromatic amines is 1. The van der Waals surface area contributed by atoms with Gasteiger partial charge < -0.3 is 9.47 Å². The Hall–Kier alpha value is -3.66. The molecule has 3 rings (SSSR count). The van der Waals surface area contributed by atoms with Gasteiger partial charge in [0.05, 0.1) is 13.2 Å². The van der Waals surface area contributed by atoms with E-state index in [2.05, 4.69) is 21.0 Å². The summed E-state index contributed by atoms with van der Waals surface area (Å²) in [7, 11) is 1.60. The largest absolute Gasteiger partial charge is 0.497 e. The number of methoxy groups -OCH3 is 1. The number of carbonyl (C=O) groups is 2. The Kier molecular flexibility index (Phi) is 7.61. The third-order valence-corrected chi connectivity index (χ3v) is 4.78. The second kappa shape index (κ2) is 10.6. The van der Waals surface area contributed by atoms with Crippen molar-refractivity contribution in [1.82, 2.24) is 25.6 Å². The van der Waals surface area contributed by atoms with Gasteiger partial charge in [-0.25, -0.2) is 0 Å². The Balaban J connectivity index is 1.54. The summed E-state index contributed by atoms with van der Waals surface area (Å²) < 4.78 is 12.8. The van der Waals surface area contributed by atoms with Crippen LogP contribution in [0.15, 0.2) is 48.5 Å². The zero-order valence-electron chi connectivity index (χ0n) is 18.0. The van der Waals surface area contributed by atoms with E-state index in [1.54, 1.807) is 35.9 Å². The first kappa shape index (κ1) is 23.0. The maximum Gasteiger partial charge on any atom is 0.269 e. The summed E-state index contributed by atoms with van der Waals surface area (Å²) in [6.07, 6.45) is 0.140. The van der Waals surface area contributed by atoms with E-state index < -0.39 is 5.91 Å². The lowest BCUT2D eigenvalue weighted by molar-refractivity contribution is -0.122. The van der Waals surface area contributed by atoms with Crippen LogP contribution < -0.4 is 20.3 Å². The highest BCUT2D eigenvalue weighted by molar-refractivity contribution is 7.71. The first-order valence-electron chi connectivity index (χ1n) is 10.0. The molecule has 1 heterocycles. The molecule has 0 unspecified atom stereocenters. The van der Waals surface area contributed by atoms with E-state index in [0.29, 0.717) is 28.5 Å². The molecule has 0 saturated heterocycles. The van der Waals surface area contributed by atoms with Crippen LogP contribution >= 0.6 is 12.2 Å². The van der Waals surface area contributed by atoms with Gasteiger partial charge >= 0.3 is 0 Å². The average Bonchev–Trinajstić information content (AvgIpc) is 3.16. The molecule has 0 spiro atoms. The van der Waals surface area contributed by atoms with Crippen LogP contribution in [0.5, 0.6) is 11.5 Å². The molecule has 9 nitrogen and oxygen atoms in total. The summed E-state index contributed by atoms with van der Waals surface area (Å²) in [5.74, 6) is 1.23. The first-order valence-corrected chi connectivity index (χ1v) is 10.4. The second-order valence-electron chi connectivity index (χ2n) is 7.18. The normalized spacial score (nSPS) is 10.6. The molecule has 0 aliphatic heterocycles. The summed E-state index contributed by atoms with van der Waals surface area (Å²) in [5, 5.41) is 7.00. The van der Waals surface area contributed by atoms with Crippen LogP contribution in [0.25, 0.3) is 11.4 Å². The van der Waals surface area contributed by atoms with E-state index in [9.17, 15) is 9.59 Å². The van der Waals surface area contributed by atoms with Crippen molar-refractivity contribution in [3.63, 3.8) is 0 Å². The summed E-state index contributed by atoms with van der Waals surface area (Å²) in [6, 6.07) is 14.0. The topological polar surface area (TPSA) is 110 Å². The summed E-state index contributed by atoms with van der Waals surface area (Å²) >= 11 is 5.29. The number of hydrogen-bond donors (Lipinski definition) is 3. The van der Waals surface area contributed by atoms with Crippen LogP contribution in [0, 0.1) is 4.77 Å². The number of nitrogens with zero attached hydrogens (tertiary/aromatic N) is 2. The van der Waals surface area contributed by atoms with Gasteiger partial charge in [0.1, 0.15) is 11.5 Å². The molecule has 0 fully saturated rings. The molecule has 3 N–H and O–H groups in total. The van der Waals surface area contributed by atoms with Gasteiger partial charge in [0.25, 0.3) is 5.91 Å². The van der Waals surface area contributed by atoms with Crippen molar-refractivity contribution in [1.29, 1.82) is 0 Å². The number of amides is 2. The molecule has 0 radical (unpaired) electrons. The molecule has 2 amide bonds. The molecule has 1 aromatic heterocycles.